The molecule has 2 aromatic carbocycles. The summed E-state index contributed by atoms with van der Waals surface area (Å²) < 4.78 is 0. The molecule has 2 aromatic rings. The van der Waals surface area contributed by atoms with Crippen LogP contribution >= 0.6 is 12.4 Å². The first-order chi connectivity index (χ1) is 10.7. The Bertz CT molecular complexity index is 717. The number of halogens is 1. The van der Waals surface area contributed by atoms with Crippen LogP contribution in [0.2, 0.25) is 0 Å². The van der Waals surface area contributed by atoms with Crippen molar-refractivity contribution < 1.29 is 4.79 Å². The lowest BCUT2D eigenvalue weighted by Crippen LogP contribution is -2.51. The van der Waals surface area contributed by atoms with Crippen LogP contribution in [-0.2, 0) is 4.79 Å². The van der Waals surface area contributed by atoms with Gasteiger partial charge in [-0.25, -0.2) is 0 Å². The van der Waals surface area contributed by atoms with Crippen molar-refractivity contribution in [3.8, 4) is 0 Å². The van der Waals surface area contributed by atoms with E-state index in [4.69, 9.17) is 0 Å². The van der Waals surface area contributed by atoms with Crippen LogP contribution in [0.25, 0.3) is 10.8 Å². The second-order valence-electron chi connectivity index (χ2n) is 6.69. The highest BCUT2D eigenvalue weighted by atomic mass is 35.5. The fourth-order valence-electron chi connectivity index (χ4n) is 3.64. The Balaban J connectivity index is 0.00000156. The van der Waals surface area contributed by atoms with Gasteiger partial charge in [-0.05, 0) is 35.6 Å². The molecule has 3 nitrogen and oxygen atoms in total. The van der Waals surface area contributed by atoms with E-state index in [9.17, 15) is 4.79 Å². The predicted octanol–water partition coefficient (Wildman–Crippen LogP) is 3.19. The average Bonchev–Trinajstić information content (AvgIpc) is 3.34. The molecule has 1 saturated heterocycles. The van der Waals surface area contributed by atoms with Gasteiger partial charge in [0.25, 0.3) is 0 Å². The highest BCUT2D eigenvalue weighted by Crippen LogP contribution is 2.49. The van der Waals surface area contributed by atoms with Crippen LogP contribution in [-0.4, -0.2) is 36.5 Å². The van der Waals surface area contributed by atoms with Crippen molar-refractivity contribution in [3.63, 3.8) is 0 Å². The Morgan fingerprint density at radius 2 is 1.96 bits per heavy atom. The van der Waals surface area contributed by atoms with Gasteiger partial charge in [0.05, 0.1) is 0 Å². The summed E-state index contributed by atoms with van der Waals surface area (Å²) in [4.78, 5) is 14.7. The van der Waals surface area contributed by atoms with Crippen molar-refractivity contribution in [3.05, 3.63) is 48.0 Å². The van der Waals surface area contributed by atoms with E-state index in [0.29, 0.717) is 17.9 Å². The maximum atomic E-state index is 12.7. The largest absolute Gasteiger partial charge is 0.340 e. The number of hydrogen-bond acceptors (Lipinski definition) is 2. The molecule has 1 N–H and O–H groups in total. The van der Waals surface area contributed by atoms with E-state index >= 15 is 0 Å². The number of rotatable bonds is 2. The van der Waals surface area contributed by atoms with Crippen LogP contribution in [0, 0.1) is 5.92 Å². The van der Waals surface area contributed by atoms with E-state index in [-0.39, 0.29) is 18.3 Å². The number of carbonyl (C=O) groups is 1. The third-order valence-electron chi connectivity index (χ3n) is 4.99. The van der Waals surface area contributed by atoms with Crippen molar-refractivity contribution in [1.82, 2.24) is 10.2 Å². The SMILES string of the molecule is CC1CN(C(=O)C2CC2c2ccc3ccccc3c2)CCN1.Cl. The minimum absolute atomic E-state index is 0. The zero-order chi connectivity index (χ0) is 15.1. The minimum Gasteiger partial charge on any atom is -0.340 e. The number of benzene rings is 2. The summed E-state index contributed by atoms with van der Waals surface area (Å²) in [6.45, 7) is 4.76. The molecule has 0 spiro atoms. The zero-order valence-electron chi connectivity index (χ0n) is 13.4. The molecule has 1 saturated carbocycles. The predicted molar refractivity (Wildman–Crippen MR) is 96.1 cm³/mol. The summed E-state index contributed by atoms with van der Waals surface area (Å²) >= 11 is 0. The molecule has 1 amide bonds. The molecule has 4 heteroatoms. The van der Waals surface area contributed by atoms with Crippen molar-refractivity contribution in [2.45, 2.75) is 25.3 Å². The molecule has 2 aliphatic rings. The van der Waals surface area contributed by atoms with Crippen LogP contribution in [0.3, 0.4) is 0 Å². The zero-order valence-corrected chi connectivity index (χ0v) is 14.2. The summed E-state index contributed by atoms with van der Waals surface area (Å²) in [6, 6.07) is 15.5. The maximum Gasteiger partial charge on any atom is 0.226 e. The topological polar surface area (TPSA) is 32.3 Å². The Morgan fingerprint density at radius 3 is 2.74 bits per heavy atom. The van der Waals surface area contributed by atoms with Gasteiger partial charge in [-0.15, -0.1) is 12.4 Å². The van der Waals surface area contributed by atoms with E-state index in [2.05, 4.69) is 54.7 Å². The van der Waals surface area contributed by atoms with Crippen LogP contribution < -0.4 is 5.32 Å². The summed E-state index contributed by atoms with van der Waals surface area (Å²) in [7, 11) is 0. The number of fused-ring (bicyclic) bond motifs is 1. The second-order valence-corrected chi connectivity index (χ2v) is 6.69. The van der Waals surface area contributed by atoms with Gasteiger partial charge in [-0.1, -0.05) is 42.5 Å². The Hall–Kier alpha value is -1.58. The van der Waals surface area contributed by atoms with Crippen LogP contribution in [0.4, 0.5) is 0 Å². The number of amides is 1. The third kappa shape index (κ3) is 3.22. The fourth-order valence-corrected chi connectivity index (χ4v) is 3.64. The van der Waals surface area contributed by atoms with E-state index in [1.807, 2.05) is 4.90 Å². The maximum absolute atomic E-state index is 12.7. The molecule has 1 heterocycles. The van der Waals surface area contributed by atoms with Crippen molar-refractivity contribution in [2.24, 2.45) is 5.92 Å². The van der Waals surface area contributed by atoms with Gasteiger partial charge in [0, 0.05) is 31.6 Å². The standard InChI is InChI=1S/C19H22N2O.ClH/c1-13-12-21(9-8-20-13)19(22)18-11-17(18)16-7-6-14-4-2-3-5-15(14)10-16;/h2-7,10,13,17-18,20H,8-9,11-12H2,1H3;1H. The fraction of sp³-hybridized carbons (Fsp3) is 0.421. The van der Waals surface area contributed by atoms with E-state index in [0.717, 1.165) is 26.1 Å². The average molecular weight is 331 g/mol. The van der Waals surface area contributed by atoms with Crippen molar-refractivity contribution >= 4 is 29.1 Å². The quantitative estimate of drug-likeness (QED) is 0.917. The molecule has 0 aromatic heterocycles. The van der Waals surface area contributed by atoms with Gasteiger partial charge in [0.15, 0.2) is 0 Å². The van der Waals surface area contributed by atoms with Gasteiger partial charge >= 0.3 is 0 Å². The first-order valence-corrected chi connectivity index (χ1v) is 8.23. The molecule has 0 bridgehead atoms. The van der Waals surface area contributed by atoms with E-state index < -0.39 is 0 Å². The van der Waals surface area contributed by atoms with Crippen LogP contribution in [0.1, 0.15) is 24.8 Å². The molecule has 1 aliphatic heterocycles. The van der Waals surface area contributed by atoms with Crippen molar-refractivity contribution in [2.75, 3.05) is 19.6 Å². The summed E-state index contributed by atoms with van der Waals surface area (Å²) in [5.74, 6) is 0.972. The molecule has 1 aliphatic carbocycles. The summed E-state index contributed by atoms with van der Waals surface area (Å²) in [5, 5.41) is 5.94. The molecule has 23 heavy (non-hydrogen) atoms. The number of hydrogen-bond donors (Lipinski definition) is 1. The number of nitrogens with zero attached hydrogens (tertiary/aromatic N) is 1. The Morgan fingerprint density at radius 1 is 1.17 bits per heavy atom. The monoisotopic (exact) mass is 330 g/mol. The minimum atomic E-state index is 0. The normalized spacial score (nSPS) is 26.7. The Kier molecular flexibility index (Phi) is 4.60. The lowest BCUT2D eigenvalue weighted by Gasteiger charge is -2.32. The second kappa shape index (κ2) is 6.50. The van der Waals surface area contributed by atoms with Gasteiger partial charge < -0.3 is 10.2 Å². The molecular weight excluding hydrogens is 308 g/mol. The number of piperazine rings is 1. The lowest BCUT2D eigenvalue weighted by molar-refractivity contribution is -0.133. The van der Waals surface area contributed by atoms with E-state index in [1.54, 1.807) is 0 Å². The van der Waals surface area contributed by atoms with Crippen molar-refractivity contribution in [1.29, 1.82) is 0 Å². The number of nitrogens with one attached hydrogen (secondary N) is 1. The molecule has 3 atom stereocenters. The number of carbonyl (C=O) groups excluding carboxylic acids is 1. The summed E-state index contributed by atoms with van der Waals surface area (Å²) in [6.07, 6.45) is 1.01. The summed E-state index contributed by atoms with van der Waals surface area (Å²) in [5.41, 5.74) is 1.32. The molecule has 2 fully saturated rings. The Labute approximate surface area is 143 Å². The van der Waals surface area contributed by atoms with Crippen LogP contribution in [0.15, 0.2) is 42.5 Å². The van der Waals surface area contributed by atoms with Crippen LogP contribution in [0.5, 0.6) is 0 Å². The molecule has 3 unspecified atom stereocenters. The van der Waals surface area contributed by atoms with Gasteiger partial charge in [-0.3, -0.25) is 4.79 Å². The first-order valence-electron chi connectivity index (χ1n) is 8.23. The molecule has 4 rings (SSSR count). The smallest absolute Gasteiger partial charge is 0.226 e. The third-order valence-corrected chi connectivity index (χ3v) is 4.99. The first kappa shape index (κ1) is 16.3. The van der Waals surface area contributed by atoms with E-state index in [1.165, 1.54) is 16.3 Å². The molecule has 122 valence electrons. The van der Waals surface area contributed by atoms with Gasteiger partial charge in [0.1, 0.15) is 0 Å². The highest BCUT2D eigenvalue weighted by molar-refractivity contribution is 5.86. The van der Waals surface area contributed by atoms with Gasteiger partial charge in [0.2, 0.25) is 5.91 Å². The molecular formula is C19H23ClN2O. The van der Waals surface area contributed by atoms with Gasteiger partial charge in [-0.2, -0.15) is 0 Å². The molecule has 0 radical (unpaired) electrons. The lowest BCUT2D eigenvalue weighted by atomic mass is 10.0. The highest BCUT2D eigenvalue weighted by Gasteiger charge is 2.46.